The summed E-state index contributed by atoms with van der Waals surface area (Å²) in [5, 5.41) is 5.22. The lowest BCUT2D eigenvalue weighted by molar-refractivity contribution is 0.0918. The number of nitrogen functional groups attached to an aromatic ring is 1. The van der Waals surface area contributed by atoms with Crippen molar-refractivity contribution < 1.29 is 4.79 Å². The third-order valence-electron chi connectivity index (χ3n) is 4.22. The first-order valence-electron chi connectivity index (χ1n) is 7.41. The average molecular weight is 283 g/mol. The zero-order valence-electron chi connectivity index (χ0n) is 12.3. The van der Waals surface area contributed by atoms with E-state index in [9.17, 15) is 4.79 Å². The van der Waals surface area contributed by atoms with Gasteiger partial charge in [0.05, 0.1) is 5.56 Å². The molecule has 1 amide bonds. The molecular weight excluding hydrogens is 262 g/mol. The second kappa shape index (κ2) is 5.74. The summed E-state index contributed by atoms with van der Waals surface area (Å²) >= 11 is 0. The molecule has 4 nitrogen and oxygen atoms in total. The lowest BCUT2D eigenvalue weighted by Crippen LogP contribution is -2.43. The van der Waals surface area contributed by atoms with Crippen LogP contribution in [0, 0.1) is 0 Å². The van der Waals surface area contributed by atoms with E-state index in [-0.39, 0.29) is 11.9 Å². The molecule has 0 aliphatic carbocycles. The van der Waals surface area contributed by atoms with Crippen molar-refractivity contribution >= 4 is 22.4 Å². The Labute approximate surface area is 124 Å². The quantitative estimate of drug-likeness (QED) is 0.831. The Morgan fingerprint density at radius 3 is 2.48 bits per heavy atom. The number of benzene rings is 2. The number of nitrogens with one attached hydrogen (secondary N) is 1. The Bertz CT molecular complexity index is 660. The van der Waals surface area contributed by atoms with Gasteiger partial charge >= 0.3 is 0 Å². The Kier molecular flexibility index (Phi) is 3.80. The highest BCUT2D eigenvalue weighted by molar-refractivity contribution is 6.04. The smallest absolute Gasteiger partial charge is 0.253 e. The molecule has 1 saturated heterocycles. The van der Waals surface area contributed by atoms with Gasteiger partial charge in [-0.1, -0.05) is 24.3 Å². The Morgan fingerprint density at radius 2 is 1.81 bits per heavy atom. The monoisotopic (exact) mass is 283 g/mol. The molecule has 1 fully saturated rings. The number of fused-ring (bicyclic) bond motifs is 1. The predicted octanol–water partition coefficient (Wildman–Crippen LogP) is 2.25. The van der Waals surface area contributed by atoms with E-state index >= 15 is 0 Å². The molecule has 0 spiro atoms. The molecule has 1 heterocycles. The van der Waals surface area contributed by atoms with Crippen molar-refractivity contribution in [3.63, 3.8) is 0 Å². The van der Waals surface area contributed by atoms with Gasteiger partial charge in [0.15, 0.2) is 0 Å². The van der Waals surface area contributed by atoms with Crippen molar-refractivity contribution in [2.24, 2.45) is 0 Å². The number of nitrogens with zero attached hydrogens (tertiary/aromatic N) is 1. The highest BCUT2D eigenvalue weighted by Gasteiger charge is 2.20. The summed E-state index contributed by atoms with van der Waals surface area (Å²) in [6, 6.07) is 12.0. The molecule has 0 bridgehead atoms. The third-order valence-corrected chi connectivity index (χ3v) is 4.22. The van der Waals surface area contributed by atoms with E-state index < -0.39 is 0 Å². The lowest BCUT2D eigenvalue weighted by Gasteiger charge is -2.29. The van der Waals surface area contributed by atoms with Gasteiger partial charge in [0.1, 0.15) is 0 Å². The van der Waals surface area contributed by atoms with Crippen LogP contribution >= 0.6 is 0 Å². The molecule has 2 aromatic rings. The summed E-state index contributed by atoms with van der Waals surface area (Å²) in [7, 11) is 2.11. The number of rotatable bonds is 2. The van der Waals surface area contributed by atoms with Crippen molar-refractivity contribution in [2.45, 2.75) is 18.9 Å². The second-order valence-electron chi connectivity index (χ2n) is 5.84. The molecule has 0 saturated carbocycles. The molecule has 0 unspecified atom stereocenters. The fourth-order valence-electron chi connectivity index (χ4n) is 2.87. The highest BCUT2D eigenvalue weighted by Crippen LogP contribution is 2.22. The van der Waals surface area contributed by atoms with E-state index in [0.29, 0.717) is 11.3 Å². The van der Waals surface area contributed by atoms with E-state index in [4.69, 9.17) is 5.73 Å². The van der Waals surface area contributed by atoms with Gasteiger partial charge in [-0.15, -0.1) is 0 Å². The van der Waals surface area contributed by atoms with E-state index in [2.05, 4.69) is 17.3 Å². The van der Waals surface area contributed by atoms with Crippen LogP contribution < -0.4 is 11.1 Å². The molecule has 2 aromatic carbocycles. The van der Waals surface area contributed by atoms with Crippen LogP contribution in [0.2, 0.25) is 0 Å². The number of amides is 1. The molecule has 0 aromatic heterocycles. The first-order valence-corrected chi connectivity index (χ1v) is 7.41. The van der Waals surface area contributed by atoms with Gasteiger partial charge < -0.3 is 16.0 Å². The average Bonchev–Trinajstić information content (AvgIpc) is 2.49. The molecule has 3 rings (SSSR count). The molecule has 3 N–H and O–H groups in total. The van der Waals surface area contributed by atoms with Crippen molar-refractivity contribution in [1.29, 1.82) is 0 Å². The van der Waals surface area contributed by atoms with Gasteiger partial charge in [0.2, 0.25) is 0 Å². The zero-order valence-corrected chi connectivity index (χ0v) is 12.3. The number of piperidine rings is 1. The maximum atomic E-state index is 12.5. The number of likely N-dealkylation sites (tertiary alicyclic amines) is 1. The fraction of sp³-hybridized carbons (Fsp3) is 0.353. The largest absolute Gasteiger partial charge is 0.398 e. The van der Waals surface area contributed by atoms with Crippen molar-refractivity contribution in [2.75, 3.05) is 25.9 Å². The van der Waals surface area contributed by atoms with Gasteiger partial charge in [-0.05, 0) is 55.9 Å². The number of hydrogen-bond acceptors (Lipinski definition) is 3. The minimum atomic E-state index is -0.0622. The zero-order chi connectivity index (χ0) is 14.8. The van der Waals surface area contributed by atoms with Crippen molar-refractivity contribution in [3.8, 4) is 0 Å². The summed E-state index contributed by atoms with van der Waals surface area (Å²) in [6.07, 6.45) is 1.99. The fourth-order valence-corrected chi connectivity index (χ4v) is 2.87. The number of hydrogen-bond donors (Lipinski definition) is 2. The molecule has 4 heteroatoms. The molecule has 1 aliphatic heterocycles. The number of carbonyl (C=O) groups is 1. The van der Waals surface area contributed by atoms with E-state index in [1.165, 1.54) is 0 Å². The molecule has 0 atom stereocenters. The van der Waals surface area contributed by atoms with Crippen LogP contribution in [0.5, 0.6) is 0 Å². The maximum Gasteiger partial charge on any atom is 0.253 e. The Hall–Kier alpha value is -2.07. The molecule has 0 radical (unpaired) electrons. The van der Waals surface area contributed by atoms with Crippen molar-refractivity contribution in [1.82, 2.24) is 10.2 Å². The standard InChI is InChI=1S/C17H21N3O/c1-20-8-6-14(7-9-20)19-17(21)15-10-12-4-2-3-5-13(12)11-16(15)18/h2-5,10-11,14H,6-9,18H2,1H3,(H,19,21). The summed E-state index contributed by atoms with van der Waals surface area (Å²) in [4.78, 5) is 14.7. The van der Waals surface area contributed by atoms with Crippen LogP contribution in [0.1, 0.15) is 23.2 Å². The summed E-state index contributed by atoms with van der Waals surface area (Å²) < 4.78 is 0. The highest BCUT2D eigenvalue weighted by atomic mass is 16.1. The van der Waals surface area contributed by atoms with Crippen LogP contribution in [0.3, 0.4) is 0 Å². The van der Waals surface area contributed by atoms with Gasteiger partial charge in [-0.25, -0.2) is 0 Å². The second-order valence-corrected chi connectivity index (χ2v) is 5.84. The third kappa shape index (κ3) is 3.00. The minimum absolute atomic E-state index is 0.0622. The molecule has 21 heavy (non-hydrogen) atoms. The van der Waals surface area contributed by atoms with Crippen LogP contribution in [0.4, 0.5) is 5.69 Å². The lowest BCUT2D eigenvalue weighted by atomic mass is 10.0. The van der Waals surface area contributed by atoms with Gasteiger partial charge in [-0.3, -0.25) is 4.79 Å². The Morgan fingerprint density at radius 1 is 1.19 bits per heavy atom. The first-order chi connectivity index (χ1) is 10.1. The normalized spacial score (nSPS) is 17.0. The summed E-state index contributed by atoms with van der Waals surface area (Å²) in [5.41, 5.74) is 7.16. The van der Waals surface area contributed by atoms with Gasteiger partial charge in [0, 0.05) is 11.7 Å². The number of anilines is 1. The van der Waals surface area contributed by atoms with E-state index in [0.717, 1.165) is 36.7 Å². The van der Waals surface area contributed by atoms with E-state index in [1.54, 1.807) is 0 Å². The number of carbonyl (C=O) groups excluding carboxylic acids is 1. The van der Waals surface area contributed by atoms with Crippen LogP contribution in [0.15, 0.2) is 36.4 Å². The molecular formula is C17H21N3O. The predicted molar refractivity (Wildman–Crippen MR) is 86.3 cm³/mol. The number of nitrogens with two attached hydrogens (primary N) is 1. The first kappa shape index (κ1) is 13.9. The van der Waals surface area contributed by atoms with Crippen LogP contribution in [0.25, 0.3) is 10.8 Å². The summed E-state index contributed by atoms with van der Waals surface area (Å²) in [5.74, 6) is -0.0622. The van der Waals surface area contributed by atoms with Gasteiger partial charge in [0.25, 0.3) is 5.91 Å². The van der Waals surface area contributed by atoms with E-state index in [1.807, 2.05) is 36.4 Å². The Balaban J connectivity index is 1.79. The SMILES string of the molecule is CN1CCC(NC(=O)c2cc3ccccc3cc2N)CC1. The molecule has 110 valence electrons. The maximum absolute atomic E-state index is 12.5. The van der Waals surface area contributed by atoms with Gasteiger partial charge in [-0.2, -0.15) is 0 Å². The molecule has 1 aliphatic rings. The minimum Gasteiger partial charge on any atom is -0.398 e. The van der Waals surface area contributed by atoms with Crippen molar-refractivity contribution in [3.05, 3.63) is 42.0 Å². The summed E-state index contributed by atoms with van der Waals surface area (Å²) in [6.45, 7) is 2.05. The van der Waals surface area contributed by atoms with Crippen LogP contribution in [-0.2, 0) is 0 Å². The van der Waals surface area contributed by atoms with Crippen LogP contribution in [-0.4, -0.2) is 37.0 Å². The topological polar surface area (TPSA) is 58.4 Å².